The van der Waals surface area contributed by atoms with Crippen molar-refractivity contribution in [3.8, 4) is 17.0 Å². The van der Waals surface area contributed by atoms with Crippen LogP contribution in [-0.2, 0) is 6.54 Å². The number of halogens is 2. The Hall–Kier alpha value is -1.89. The van der Waals surface area contributed by atoms with Crippen LogP contribution in [0.25, 0.3) is 22.4 Å². The predicted octanol–water partition coefficient (Wildman–Crippen LogP) is 3.92. The number of imidazole rings is 1. The number of piperidine rings is 1. The van der Waals surface area contributed by atoms with Gasteiger partial charge in [0.25, 0.3) is 0 Å². The van der Waals surface area contributed by atoms with Crippen LogP contribution in [0.5, 0.6) is 5.75 Å². The van der Waals surface area contributed by atoms with Crippen LogP contribution < -0.4 is 0 Å². The summed E-state index contributed by atoms with van der Waals surface area (Å²) in [5, 5.41) is 19.5. The molecule has 2 aromatic heterocycles. The fourth-order valence-electron chi connectivity index (χ4n) is 3.88. The first-order valence-electron chi connectivity index (χ1n) is 8.88. The van der Waals surface area contributed by atoms with Crippen molar-refractivity contribution < 1.29 is 5.11 Å². The van der Waals surface area contributed by atoms with Gasteiger partial charge in [-0.15, -0.1) is 22.6 Å². The molecule has 1 fully saturated rings. The molecule has 0 spiro atoms. The molecule has 0 unspecified atom stereocenters. The van der Waals surface area contributed by atoms with Crippen molar-refractivity contribution in [1.82, 2.24) is 24.6 Å². The van der Waals surface area contributed by atoms with Crippen LogP contribution in [0.3, 0.4) is 0 Å². The summed E-state index contributed by atoms with van der Waals surface area (Å²) in [6.45, 7) is 5.07. The zero-order valence-electron chi connectivity index (χ0n) is 15.4. The maximum Gasteiger partial charge on any atom is 0.182 e. The smallest absolute Gasteiger partial charge is 0.182 e. The Kier molecular flexibility index (Phi) is 5.89. The molecule has 3 aromatic rings. The standard InChI is InChI=1S/C19H22ClN5O.ClH/c1-12-6-14(20)7-17(26)18(12)15-8-16-19(23-22-15)25(11-21-16)10-13-4-3-5-24(2)9-13;/h6-8,11,13,26H,3-5,9-10H2,1-2H3;1H/t13-;/m0./s1. The number of aryl methyl sites for hydroxylation is 1. The summed E-state index contributed by atoms with van der Waals surface area (Å²) in [4.78, 5) is 6.88. The molecule has 1 saturated heterocycles. The van der Waals surface area contributed by atoms with Gasteiger partial charge in [-0.3, -0.25) is 0 Å². The maximum atomic E-state index is 10.3. The first-order valence-corrected chi connectivity index (χ1v) is 9.25. The number of aromatic hydroxyl groups is 1. The van der Waals surface area contributed by atoms with Crippen molar-refractivity contribution in [2.24, 2.45) is 5.92 Å². The van der Waals surface area contributed by atoms with E-state index in [0.717, 1.165) is 29.8 Å². The van der Waals surface area contributed by atoms with Gasteiger partial charge in [0, 0.05) is 23.7 Å². The zero-order valence-corrected chi connectivity index (χ0v) is 17.0. The van der Waals surface area contributed by atoms with E-state index in [-0.39, 0.29) is 18.2 Å². The molecule has 1 aliphatic heterocycles. The fourth-order valence-corrected chi connectivity index (χ4v) is 4.14. The highest BCUT2D eigenvalue weighted by molar-refractivity contribution is 6.31. The summed E-state index contributed by atoms with van der Waals surface area (Å²) in [6, 6.07) is 5.20. The lowest BCUT2D eigenvalue weighted by atomic mass is 9.98. The minimum absolute atomic E-state index is 0. The first-order chi connectivity index (χ1) is 12.5. The molecule has 0 bridgehead atoms. The summed E-state index contributed by atoms with van der Waals surface area (Å²) < 4.78 is 2.09. The second-order valence-electron chi connectivity index (χ2n) is 7.22. The molecule has 1 N–H and O–H groups in total. The molecule has 0 saturated carbocycles. The quantitative estimate of drug-likeness (QED) is 0.712. The van der Waals surface area contributed by atoms with Crippen LogP contribution in [0.4, 0.5) is 0 Å². The van der Waals surface area contributed by atoms with Gasteiger partial charge < -0.3 is 14.6 Å². The average molecular weight is 408 g/mol. The summed E-state index contributed by atoms with van der Waals surface area (Å²) >= 11 is 6.00. The van der Waals surface area contributed by atoms with Crippen molar-refractivity contribution in [1.29, 1.82) is 0 Å². The molecule has 1 atom stereocenters. The second-order valence-corrected chi connectivity index (χ2v) is 7.66. The summed E-state index contributed by atoms with van der Waals surface area (Å²) in [5.74, 6) is 0.712. The molecule has 27 heavy (non-hydrogen) atoms. The van der Waals surface area contributed by atoms with Gasteiger partial charge in [-0.1, -0.05) is 11.6 Å². The lowest BCUT2D eigenvalue weighted by molar-refractivity contribution is 0.195. The summed E-state index contributed by atoms with van der Waals surface area (Å²) in [5.41, 5.74) is 3.67. The van der Waals surface area contributed by atoms with Crippen molar-refractivity contribution in [3.05, 3.63) is 35.1 Å². The number of hydrogen-bond donors (Lipinski definition) is 1. The third kappa shape index (κ3) is 4.03. The molecule has 1 aliphatic rings. The van der Waals surface area contributed by atoms with E-state index in [2.05, 4.69) is 31.7 Å². The Labute approximate surface area is 169 Å². The number of rotatable bonds is 3. The van der Waals surface area contributed by atoms with E-state index in [1.54, 1.807) is 6.07 Å². The van der Waals surface area contributed by atoms with Gasteiger partial charge in [0.05, 0.1) is 12.0 Å². The topological polar surface area (TPSA) is 67.1 Å². The average Bonchev–Trinajstić information content (AvgIpc) is 2.96. The normalized spacial score (nSPS) is 17.8. The van der Waals surface area contributed by atoms with Crippen LogP contribution in [-0.4, -0.2) is 49.9 Å². The highest BCUT2D eigenvalue weighted by Crippen LogP contribution is 2.34. The molecular formula is C19H23Cl2N5O. The molecule has 0 amide bonds. The molecule has 4 rings (SSSR count). The highest BCUT2D eigenvalue weighted by Gasteiger charge is 2.19. The number of phenolic OH excluding ortho intramolecular Hbond substituents is 1. The number of benzene rings is 1. The van der Waals surface area contributed by atoms with Gasteiger partial charge in [0.1, 0.15) is 11.3 Å². The molecule has 144 valence electrons. The number of phenols is 1. The van der Waals surface area contributed by atoms with E-state index < -0.39 is 0 Å². The van der Waals surface area contributed by atoms with Crippen LogP contribution in [0, 0.1) is 12.8 Å². The van der Waals surface area contributed by atoms with E-state index in [1.807, 2.05) is 19.3 Å². The van der Waals surface area contributed by atoms with E-state index in [9.17, 15) is 5.11 Å². The Morgan fingerprint density at radius 2 is 2.07 bits per heavy atom. The van der Waals surface area contributed by atoms with Crippen molar-refractivity contribution in [2.75, 3.05) is 20.1 Å². The van der Waals surface area contributed by atoms with Gasteiger partial charge in [0.15, 0.2) is 5.65 Å². The Morgan fingerprint density at radius 1 is 1.26 bits per heavy atom. The monoisotopic (exact) mass is 407 g/mol. The number of aromatic nitrogens is 4. The second kappa shape index (κ2) is 8.00. The van der Waals surface area contributed by atoms with Crippen molar-refractivity contribution >= 4 is 35.2 Å². The number of hydrogen-bond acceptors (Lipinski definition) is 5. The van der Waals surface area contributed by atoms with Crippen LogP contribution in [0.1, 0.15) is 18.4 Å². The van der Waals surface area contributed by atoms with E-state index in [0.29, 0.717) is 22.2 Å². The molecule has 8 heteroatoms. The Morgan fingerprint density at radius 3 is 2.81 bits per heavy atom. The fraction of sp³-hybridized carbons (Fsp3) is 0.421. The molecule has 3 heterocycles. The van der Waals surface area contributed by atoms with Gasteiger partial charge in [0.2, 0.25) is 0 Å². The highest BCUT2D eigenvalue weighted by atomic mass is 35.5. The van der Waals surface area contributed by atoms with Crippen LogP contribution in [0.2, 0.25) is 5.02 Å². The number of fused-ring (bicyclic) bond motifs is 1. The molecule has 0 aliphatic carbocycles. The molecular weight excluding hydrogens is 385 g/mol. The Balaban J connectivity index is 0.00000210. The van der Waals surface area contributed by atoms with E-state index in [1.165, 1.54) is 25.5 Å². The molecule has 0 radical (unpaired) electrons. The minimum Gasteiger partial charge on any atom is -0.507 e. The minimum atomic E-state index is 0. The van der Waals surface area contributed by atoms with Gasteiger partial charge in [-0.05, 0) is 63.0 Å². The zero-order chi connectivity index (χ0) is 18.3. The third-order valence-corrected chi connectivity index (χ3v) is 5.29. The maximum absolute atomic E-state index is 10.3. The van der Waals surface area contributed by atoms with Gasteiger partial charge in [-0.2, -0.15) is 0 Å². The lowest BCUT2D eigenvalue weighted by Gasteiger charge is -2.29. The van der Waals surface area contributed by atoms with E-state index >= 15 is 0 Å². The van der Waals surface area contributed by atoms with Crippen LogP contribution in [0.15, 0.2) is 24.5 Å². The summed E-state index contributed by atoms with van der Waals surface area (Å²) in [6.07, 6.45) is 4.30. The van der Waals surface area contributed by atoms with Crippen molar-refractivity contribution in [3.63, 3.8) is 0 Å². The summed E-state index contributed by atoms with van der Waals surface area (Å²) in [7, 11) is 2.17. The largest absolute Gasteiger partial charge is 0.507 e. The van der Waals surface area contributed by atoms with E-state index in [4.69, 9.17) is 11.6 Å². The third-order valence-electron chi connectivity index (χ3n) is 5.08. The van der Waals surface area contributed by atoms with Crippen molar-refractivity contribution in [2.45, 2.75) is 26.3 Å². The number of nitrogens with zero attached hydrogens (tertiary/aromatic N) is 5. The predicted molar refractivity (Wildman–Crippen MR) is 110 cm³/mol. The lowest BCUT2D eigenvalue weighted by Crippen LogP contribution is -2.34. The van der Waals surface area contributed by atoms with Gasteiger partial charge in [-0.25, -0.2) is 4.98 Å². The Bertz CT molecular complexity index is 935. The van der Waals surface area contributed by atoms with Crippen LogP contribution >= 0.6 is 24.0 Å². The molecule has 1 aromatic carbocycles. The number of likely N-dealkylation sites (tertiary alicyclic amines) is 1. The SMILES string of the molecule is Cc1cc(Cl)cc(O)c1-c1cc2ncn(C[C@H]3CCCN(C)C3)c2nn1.Cl. The van der Waals surface area contributed by atoms with Gasteiger partial charge >= 0.3 is 0 Å². The molecule has 6 nitrogen and oxygen atoms in total. The first kappa shape index (κ1) is 19.9.